The molecule has 1 aliphatic heterocycles. The predicted octanol–water partition coefficient (Wildman–Crippen LogP) is 2.15. The first-order valence-corrected chi connectivity index (χ1v) is 12.7. The summed E-state index contributed by atoms with van der Waals surface area (Å²) >= 11 is 4.82. The number of nitrogens with zero attached hydrogens (tertiary/aromatic N) is 3. The van der Waals surface area contributed by atoms with Gasteiger partial charge in [-0.25, -0.2) is 13.4 Å². The smallest absolute Gasteiger partial charge is 0.263 e. The SMILES string of the molecule is C[C@H](C(=O)N[C@H]1CCN(c2ccc(S(=O)(=O)NC(=S)/N=C\N)cc2)C1)n1ccc2ccccc21. The van der Waals surface area contributed by atoms with Gasteiger partial charge in [-0.05, 0) is 67.3 Å². The molecule has 4 rings (SSSR count). The largest absolute Gasteiger partial charge is 0.390 e. The summed E-state index contributed by atoms with van der Waals surface area (Å²) in [5, 5.41) is 4.03. The van der Waals surface area contributed by atoms with Crippen molar-refractivity contribution >= 4 is 56.2 Å². The van der Waals surface area contributed by atoms with Crippen molar-refractivity contribution < 1.29 is 13.2 Å². The van der Waals surface area contributed by atoms with Crippen LogP contribution in [0.4, 0.5) is 5.69 Å². The molecule has 3 aromatic rings. The Hall–Kier alpha value is -3.44. The van der Waals surface area contributed by atoms with E-state index in [0.29, 0.717) is 6.54 Å². The molecule has 1 fully saturated rings. The molecule has 178 valence electrons. The van der Waals surface area contributed by atoms with Crippen molar-refractivity contribution in [2.75, 3.05) is 18.0 Å². The Morgan fingerprint density at radius 3 is 2.68 bits per heavy atom. The van der Waals surface area contributed by atoms with E-state index >= 15 is 0 Å². The molecule has 0 radical (unpaired) electrons. The van der Waals surface area contributed by atoms with Crippen LogP contribution >= 0.6 is 12.2 Å². The maximum Gasteiger partial charge on any atom is 0.263 e. The van der Waals surface area contributed by atoms with E-state index < -0.39 is 10.0 Å². The monoisotopic (exact) mass is 498 g/mol. The van der Waals surface area contributed by atoms with Gasteiger partial charge in [0.2, 0.25) is 11.0 Å². The van der Waals surface area contributed by atoms with Crippen LogP contribution in [-0.2, 0) is 14.8 Å². The fourth-order valence-corrected chi connectivity index (χ4v) is 5.39. The van der Waals surface area contributed by atoms with Crippen LogP contribution in [0.25, 0.3) is 10.9 Å². The third-order valence-corrected chi connectivity index (χ3v) is 7.58. The summed E-state index contributed by atoms with van der Waals surface area (Å²) in [4.78, 5) is 18.7. The average molecular weight is 499 g/mol. The van der Waals surface area contributed by atoms with Crippen LogP contribution in [0.5, 0.6) is 0 Å². The first kappa shape index (κ1) is 23.7. The zero-order valence-corrected chi connectivity index (χ0v) is 20.2. The Balaban J connectivity index is 1.37. The molecule has 0 unspecified atom stereocenters. The summed E-state index contributed by atoms with van der Waals surface area (Å²) in [7, 11) is -3.83. The first-order chi connectivity index (χ1) is 16.3. The van der Waals surface area contributed by atoms with Gasteiger partial charge in [-0.2, -0.15) is 0 Å². The van der Waals surface area contributed by atoms with Crippen LogP contribution < -0.4 is 20.7 Å². The highest BCUT2D eigenvalue weighted by Gasteiger charge is 2.27. The molecular formula is C23H26N6O3S2. The van der Waals surface area contributed by atoms with Crippen molar-refractivity contribution in [3.63, 3.8) is 0 Å². The summed E-state index contributed by atoms with van der Waals surface area (Å²) in [6, 6.07) is 16.2. The lowest BCUT2D eigenvalue weighted by atomic mass is 10.2. The van der Waals surface area contributed by atoms with E-state index in [2.05, 4.69) is 19.9 Å². The Morgan fingerprint density at radius 1 is 1.21 bits per heavy atom. The standard InChI is InChI=1S/C23H26N6O3S2/c1-16(29-13-10-17-4-2-3-5-21(17)29)22(30)26-18-11-12-28(14-18)19-6-8-20(9-7-19)34(31,32)27-23(33)25-15-24/h2-10,13,15-16,18H,11-12,14H2,1H3,(H,26,30)(H3,24,25,27,33)/t16-,18+/m1/s1. The van der Waals surface area contributed by atoms with Crippen molar-refractivity contribution in [3.8, 4) is 0 Å². The van der Waals surface area contributed by atoms with Gasteiger partial charge in [-0.3, -0.25) is 9.52 Å². The Kier molecular flexibility index (Phi) is 6.85. The number of amides is 1. The van der Waals surface area contributed by atoms with E-state index in [1.54, 1.807) is 12.1 Å². The van der Waals surface area contributed by atoms with E-state index in [1.807, 2.05) is 48.0 Å². The number of thiocarbonyl (C=S) groups is 1. The Bertz CT molecular complexity index is 1330. The van der Waals surface area contributed by atoms with Crippen LogP contribution in [0.3, 0.4) is 0 Å². The lowest BCUT2D eigenvalue weighted by molar-refractivity contribution is -0.124. The van der Waals surface area contributed by atoms with E-state index in [4.69, 9.17) is 18.0 Å². The summed E-state index contributed by atoms with van der Waals surface area (Å²) in [5.74, 6) is -0.0307. The van der Waals surface area contributed by atoms with Gasteiger partial charge in [0.05, 0.1) is 11.2 Å². The molecule has 1 amide bonds. The number of aromatic nitrogens is 1. The number of benzene rings is 2. The third-order valence-electron chi connectivity index (χ3n) is 5.89. The maximum absolute atomic E-state index is 12.9. The fourth-order valence-electron chi connectivity index (χ4n) is 4.11. The molecule has 4 N–H and O–H groups in total. The first-order valence-electron chi connectivity index (χ1n) is 10.8. The highest BCUT2D eigenvalue weighted by atomic mass is 32.2. The van der Waals surface area contributed by atoms with Crippen LogP contribution in [-0.4, -0.2) is 49.5 Å². The predicted molar refractivity (Wildman–Crippen MR) is 137 cm³/mol. The number of anilines is 1. The molecule has 1 aromatic heterocycles. The second kappa shape index (κ2) is 9.82. The molecular weight excluding hydrogens is 472 g/mol. The van der Waals surface area contributed by atoms with Gasteiger partial charge in [0.25, 0.3) is 10.0 Å². The molecule has 34 heavy (non-hydrogen) atoms. The number of nitrogens with two attached hydrogens (primary N) is 1. The zero-order valence-electron chi connectivity index (χ0n) is 18.6. The number of aliphatic imine (C=N–C) groups is 1. The molecule has 2 heterocycles. The van der Waals surface area contributed by atoms with Gasteiger partial charge in [0.1, 0.15) is 6.04 Å². The zero-order chi connectivity index (χ0) is 24.3. The normalized spacial score (nSPS) is 17.2. The molecule has 1 aliphatic rings. The van der Waals surface area contributed by atoms with E-state index in [0.717, 1.165) is 35.9 Å². The van der Waals surface area contributed by atoms with Gasteiger partial charge in [0, 0.05) is 36.5 Å². The second-order valence-corrected chi connectivity index (χ2v) is 10.1. The van der Waals surface area contributed by atoms with Crippen molar-refractivity contribution in [3.05, 3.63) is 60.8 Å². The minimum atomic E-state index is -3.83. The number of rotatable bonds is 6. The number of fused-ring (bicyclic) bond motifs is 1. The van der Waals surface area contributed by atoms with Gasteiger partial charge in [-0.15, -0.1) is 0 Å². The van der Waals surface area contributed by atoms with Crippen LogP contribution in [0.15, 0.2) is 70.7 Å². The van der Waals surface area contributed by atoms with E-state index in [9.17, 15) is 13.2 Å². The minimum Gasteiger partial charge on any atom is -0.390 e. The molecule has 2 aromatic carbocycles. The van der Waals surface area contributed by atoms with Crippen molar-refractivity contribution in [2.24, 2.45) is 10.7 Å². The topological polar surface area (TPSA) is 122 Å². The number of carbonyl (C=O) groups is 1. The molecule has 0 bridgehead atoms. The summed E-state index contributed by atoms with van der Waals surface area (Å²) in [6.07, 6.45) is 3.67. The third kappa shape index (κ3) is 5.05. The summed E-state index contributed by atoms with van der Waals surface area (Å²) in [5.41, 5.74) is 7.04. The Labute approximate surface area is 203 Å². The fraction of sp³-hybridized carbons (Fsp3) is 0.261. The van der Waals surface area contributed by atoms with Crippen LogP contribution in [0.1, 0.15) is 19.4 Å². The lowest BCUT2D eigenvalue weighted by Gasteiger charge is -2.21. The molecule has 2 atom stereocenters. The highest BCUT2D eigenvalue weighted by molar-refractivity contribution is 7.91. The highest BCUT2D eigenvalue weighted by Crippen LogP contribution is 2.24. The van der Waals surface area contributed by atoms with Gasteiger partial charge < -0.3 is 20.5 Å². The molecule has 0 aliphatic carbocycles. The van der Waals surface area contributed by atoms with E-state index in [-0.39, 0.29) is 28.0 Å². The second-order valence-electron chi connectivity index (χ2n) is 8.08. The number of hydrogen-bond acceptors (Lipinski definition) is 5. The number of nitrogens with one attached hydrogen (secondary N) is 2. The van der Waals surface area contributed by atoms with Crippen molar-refractivity contribution in [2.45, 2.75) is 30.3 Å². The maximum atomic E-state index is 12.9. The average Bonchev–Trinajstić information content (AvgIpc) is 3.46. The van der Waals surface area contributed by atoms with Crippen LogP contribution in [0, 0.1) is 0 Å². The van der Waals surface area contributed by atoms with Gasteiger partial charge >= 0.3 is 0 Å². The summed E-state index contributed by atoms with van der Waals surface area (Å²) < 4.78 is 28.9. The number of hydrogen-bond donors (Lipinski definition) is 3. The number of para-hydroxylation sites is 1. The molecule has 9 nitrogen and oxygen atoms in total. The van der Waals surface area contributed by atoms with Crippen LogP contribution in [0.2, 0.25) is 0 Å². The summed E-state index contributed by atoms with van der Waals surface area (Å²) in [6.45, 7) is 3.29. The van der Waals surface area contributed by atoms with Gasteiger partial charge in [-0.1, -0.05) is 18.2 Å². The Morgan fingerprint density at radius 2 is 1.94 bits per heavy atom. The lowest BCUT2D eigenvalue weighted by Crippen LogP contribution is -2.40. The molecule has 11 heteroatoms. The van der Waals surface area contributed by atoms with Crippen molar-refractivity contribution in [1.82, 2.24) is 14.6 Å². The quantitative estimate of drug-likeness (QED) is 0.272. The van der Waals surface area contributed by atoms with Gasteiger partial charge in [0.15, 0.2) is 0 Å². The molecule has 0 saturated carbocycles. The number of carbonyl (C=O) groups excluding carboxylic acids is 1. The molecule has 1 saturated heterocycles. The number of sulfonamides is 1. The van der Waals surface area contributed by atoms with Crippen molar-refractivity contribution in [1.29, 1.82) is 0 Å². The minimum absolute atomic E-state index is 0.00773. The molecule has 0 spiro atoms. The van der Waals surface area contributed by atoms with E-state index in [1.165, 1.54) is 12.1 Å².